The first-order valence-corrected chi connectivity index (χ1v) is 6.88. The van der Waals surface area contributed by atoms with E-state index in [0.717, 1.165) is 42.5 Å². The Morgan fingerprint density at radius 3 is 3.11 bits per heavy atom. The van der Waals surface area contributed by atoms with Crippen molar-refractivity contribution in [2.24, 2.45) is 0 Å². The van der Waals surface area contributed by atoms with Gasteiger partial charge >= 0.3 is 0 Å². The van der Waals surface area contributed by atoms with E-state index in [1.807, 2.05) is 18.2 Å². The monoisotopic (exact) mass is 281 g/mol. The standard InChI is InChI=1S/C15H20ClNO2/c1-11(8-14-10-19-6-5-17-14)7-12-9-13(16)3-4-15(12)18-2/h3-4,7,9,14,17H,5-6,8,10H2,1-2H3/b11-7-. The number of rotatable bonds is 4. The van der Waals surface area contributed by atoms with Gasteiger partial charge in [0.2, 0.25) is 0 Å². The van der Waals surface area contributed by atoms with Crippen molar-refractivity contribution in [1.29, 1.82) is 0 Å². The molecule has 3 nitrogen and oxygen atoms in total. The fourth-order valence-electron chi connectivity index (χ4n) is 2.28. The van der Waals surface area contributed by atoms with Crippen LogP contribution in [0.25, 0.3) is 6.08 Å². The van der Waals surface area contributed by atoms with E-state index < -0.39 is 0 Å². The summed E-state index contributed by atoms with van der Waals surface area (Å²) in [6, 6.07) is 6.05. The molecule has 4 heteroatoms. The molecule has 1 heterocycles. The maximum absolute atomic E-state index is 6.03. The average molecular weight is 282 g/mol. The molecule has 1 unspecified atom stereocenters. The van der Waals surface area contributed by atoms with Gasteiger partial charge in [0.15, 0.2) is 0 Å². The Balaban J connectivity index is 2.08. The highest BCUT2D eigenvalue weighted by Crippen LogP contribution is 2.25. The van der Waals surface area contributed by atoms with Crippen LogP contribution < -0.4 is 10.1 Å². The number of hydrogen-bond acceptors (Lipinski definition) is 3. The molecular weight excluding hydrogens is 262 g/mol. The molecular formula is C15H20ClNO2. The molecule has 104 valence electrons. The van der Waals surface area contributed by atoms with Gasteiger partial charge in [-0.05, 0) is 31.5 Å². The first kappa shape index (κ1) is 14.4. The van der Waals surface area contributed by atoms with Crippen molar-refractivity contribution < 1.29 is 9.47 Å². The van der Waals surface area contributed by atoms with E-state index in [0.29, 0.717) is 6.04 Å². The van der Waals surface area contributed by atoms with Gasteiger partial charge in [-0.25, -0.2) is 0 Å². The Morgan fingerprint density at radius 1 is 1.58 bits per heavy atom. The van der Waals surface area contributed by atoms with Gasteiger partial charge in [-0.15, -0.1) is 0 Å². The van der Waals surface area contributed by atoms with Crippen molar-refractivity contribution >= 4 is 17.7 Å². The molecule has 1 N–H and O–H groups in total. The summed E-state index contributed by atoms with van der Waals surface area (Å²) in [6.45, 7) is 4.63. The first-order chi connectivity index (χ1) is 9.19. The van der Waals surface area contributed by atoms with Gasteiger partial charge in [-0.2, -0.15) is 0 Å². The number of nitrogens with one attached hydrogen (secondary N) is 1. The highest BCUT2D eigenvalue weighted by Gasteiger charge is 2.13. The molecule has 0 amide bonds. The van der Waals surface area contributed by atoms with Crippen LogP contribution in [0.5, 0.6) is 5.75 Å². The molecule has 0 aromatic heterocycles. The van der Waals surface area contributed by atoms with Gasteiger partial charge in [0.1, 0.15) is 5.75 Å². The lowest BCUT2D eigenvalue weighted by Gasteiger charge is -2.24. The highest BCUT2D eigenvalue weighted by molar-refractivity contribution is 6.30. The van der Waals surface area contributed by atoms with E-state index in [4.69, 9.17) is 21.1 Å². The third kappa shape index (κ3) is 4.23. The molecule has 1 aromatic carbocycles. The molecule has 0 spiro atoms. The maximum Gasteiger partial charge on any atom is 0.126 e. The highest BCUT2D eigenvalue weighted by atomic mass is 35.5. The van der Waals surface area contributed by atoms with E-state index in [9.17, 15) is 0 Å². The zero-order chi connectivity index (χ0) is 13.7. The molecule has 1 aliphatic heterocycles. The van der Waals surface area contributed by atoms with Crippen LogP contribution >= 0.6 is 11.6 Å². The maximum atomic E-state index is 6.03. The van der Waals surface area contributed by atoms with E-state index in [1.165, 1.54) is 5.57 Å². The summed E-state index contributed by atoms with van der Waals surface area (Å²) in [4.78, 5) is 0. The zero-order valence-corrected chi connectivity index (χ0v) is 12.2. The number of hydrogen-bond donors (Lipinski definition) is 1. The second kappa shape index (κ2) is 6.94. The van der Waals surface area contributed by atoms with Crippen LogP contribution in [0.4, 0.5) is 0 Å². The van der Waals surface area contributed by atoms with E-state index in [-0.39, 0.29) is 0 Å². The number of benzene rings is 1. The van der Waals surface area contributed by atoms with Crippen LogP contribution in [0.2, 0.25) is 5.02 Å². The van der Waals surface area contributed by atoms with Crippen LogP contribution in [0.3, 0.4) is 0 Å². The summed E-state index contributed by atoms with van der Waals surface area (Å²) in [5, 5.41) is 4.17. The minimum atomic E-state index is 0.398. The van der Waals surface area contributed by atoms with Gasteiger partial charge < -0.3 is 14.8 Å². The summed E-state index contributed by atoms with van der Waals surface area (Å²) in [5.41, 5.74) is 2.30. The average Bonchev–Trinajstić information content (AvgIpc) is 2.40. The van der Waals surface area contributed by atoms with Gasteiger partial charge in [0.05, 0.1) is 20.3 Å². The fraction of sp³-hybridized carbons (Fsp3) is 0.467. The Hall–Kier alpha value is -1.03. The Labute approximate surface area is 119 Å². The van der Waals surface area contributed by atoms with Crippen molar-refractivity contribution in [3.05, 3.63) is 34.4 Å². The number of ether oxygens (including phenoxy) is 2. The summed E-state index contributed by atoms with van der Waals surface area (Å²) in [5.74, 6) is 0.844. The van der Waals surface area contributed by atoms with Crippen molar-refractivity contribution in [2.75, 3.05) is 26.9 Å². The number of methoxy groups -OCH3 is 1. The van der Waals surface area contributed by atoms with E-state index in [1.54, 1.807) is 7.11 Å². The predicted octanol–water partition coefficient (Wildman–Crippen LogP) is 3.13. The third-order valence-electron chi connectivity index (χ3n) is 3.16. The molecule has 0 saturated carbocycles. The van der Waals surface area contributed by atoms with Crippen molar-refractivity contribution in [1.82, 2.24) is 5.32 Å². The fourth-order valence-corrected chi connectivity index (χ4v) is 2.46. The largest absolute Gasteiger partial charge is 0.496 e. The van der Waals surface area contributed by atoms with Gasteiger partial charge in [0, 0.05) is 23.2 Å². The van der Waals surface area contributed by atoms with E-state index in [2.05, 4.69) is 18.3 Å². The van der Waals surface area contributed by atoms with Crippen LogP contribution in [0.1, 0.15) is 18.9 Å². The quantitative estimate of drug-likeness (QED) is 0.920. The van der Waals surface area contributed by atoms with Crippen molar-refractivity contribution in [2.45, 2.75) is 19.4 Å². The third-order valence-corrected chi connectivity index (χ3v) is 3.40. The van der Waals surface area contributed by atoms with Crippen molar-refractivity contribution in [3.8, 4) is 5.75 Å². The number of halogens is 1. The molecule has 0 radical (unpaired) electrons. The van der Waals surface area contributed by atoms with Gasteiger partial charge in [-0.1, -0.05) is 23.3 Å². The smallest absolute Gasteiger partial charge is 0.126 e. The van der Waals surface area contributed by atoms with Crippen molar-refractivity contribution in [3.63, 3.8) is 0 Å². The number of morpholine rings is 1. The lowest BCUT2D eigenvalue weighted by molar-refractivity contribution is 0.0771. The topological polar surface area (TPSA) is 30.5 Å². The molecule has 1 fully saturated rings. The lowest BCUT2D eigenvalue weighted by Crippen LogP contribution is -2.41. The Bertz CT molecular complexity index is 453. The first-order valence-electron chi connectivity index (χ1n) is 6.51. The van der Waals surface area contributed by atoms with Crippen LogP contribution in [-0.2, 0) is 4.74 Å². The van der Waals surface area contributed by atoms with Gasteiger partial charge in [-0.3, -0.25) is 0 Å². The minimum Gasteiger partial charge on any atom is -0.496 e. The second-order valence-electron chi connectivity index (χ2n) is 4.81. The normalized spacial score (nSPS) is 20.4. The van der Waals surface area contributed by atoms with Crippen LogP contribution in [0.15, 0.2) is 23.8 Å². The summed E-state index contributed by atoms with van der Waals surface area (Å²) in [7, 11) is 1.67. The summed E-state index contributed by atoms with van der Waals surface area (Å²) < 4.78 is 10.8. The molecule has 0 bridgehead atoms. The molecule has 1 saturated heterocycles. The second-order valence-corrected chi connectivity index (χ2v) is 5.24. The molecule has 19 heavy (non-hydrogen) atoms. The SMILES string of the molecule is COc1ccc(Cl)cc1/C=C(/C)CC1COCCN1. The molecule has 0 aliphatic carbocycles. The summed E-state index contributed by atoms with van der Waals surface area (Å²) >= 11 is 6.03. The summed E-state index contributed by atoms with van der Waals surface area (Å²) in [6.07, 6.45) is 3.09. The molecule has 1 aliphatic rings. The molecule has 2 rings (SSSR count). The lowest BCUT2D eigenvalue weighted by atomic mass is 10.0. The minimum absolute atomic E-state index is 0.398. The molecule has 1 aromatic rings. The Morgan fingerprint density at radius 2 is 2.42 bits per heavy atom. The predicted molar refractivity (Wildman–Crippen MR) is 78.9 cm³/mol. The molecule has 1 atom stereocenters. The Kier molecular flexibility index (Phi) is 5.25. The van der Waals surface area contributed by atoms with E-state index >= 15 is 0 Å². The zero-order valence-electron chi connectivity index (χ0n) is 11.4. The van der Waals surface area contributed by atoms with Gasteiger partial charge in [0.25, 0.3) is 0 Å². The van der Waals surface area contributed by atoms with Crippen LogP contribution in [0, 0.1) is 0 Å². The van der Waals surface area contributed by atoms with Crippen LogP contribution in [-0.4, -0.2) is 32.9 Å².